The van der Waals surface area contributed by atoms with Crippen LogP contribution in [0.15, 0.2) is 42.5 Å². The molecule has 1 saturated heterocycles. The Bertz CT molecular complexity index is 896. The molecule has 29 heavy (non-hydrogen) atoms. The molecule has 0 unspecified atom stereocenters. The van der Waals surface area contributed by atoms with Gasteiger partial charge < -0.3 is 19.9 Å². The first-order valence-electron chi connectivity index (χ1n) is 10.0. The first-order chi connectivity index (χ1) is 14.0. The van der Waals surface area contributed by atoms with Crippen molar-refractivity contribution in [1.29, 1.82) is 0 Å². The fourth-order valence-electron chi connectivity index (χ4n) is 3.76. The molecule has 3 heterocycles. The van der Waals surface area contributed by atoms with Crippen LogP contribution in [0.4, 0.5) is 5.82 Å². The molecule has 2 aliphatic heterocycles. The highest BCUT2D eigenvalue weighted by atomic mass is 16.5. The van der Waals surface area contributed by atoms with Gasteiger partial charge in [0, 0.05) is 25.2 Å². The van der Waals surface area contributed by atoms with Gasteiger partial charge in [-0.1, -0.05) is 36.4 Å². The summed E-state index contributed by atoms with van der Waals surface area (Å²) in [4.78, 5) is 34.1. The van der Waals surface area contributed by atoms with Gasteiger partial charge in [0.15, 0.2) is 0 Å². The monoisotopic (exact) mass is 394 g/mol. The summed E-state index contributed by atoms with van der Waals surface area (Å²) in [7, 11) is 0. The Morgan fingerprint density at radius 1 is 1.10 bits per heavy atom. The maximum atomic E-state index is 13.0. The van der Waals surface area contributed by atoms with Crippen molar-refractivity contribution in [3.8, 4) is 0 Å². The molecule has 0 saturated carbocycles. The van der Waals surface area contributed by atoms with E-state index >= 15 is 0 Å². The van der Waals surface area contributed by atoms with Gasteiger partial charge in [-0.15, -0.1) is 0 Å². The summed E-state index contributed by atoms with van der Waals surface area (Å²) < 4.78 is 5.38. The summed E-state index contributed by atoms with van der Waals surface area (Å²) in [6, 6.07) is 13.0. The van der Waals surface area contributed by atoms with Crippen molar-refractivity contribution < 1.29 is 14.3 Å². The highest BCUT2D eigenvalue weighted by molar-refractivity contribution is 5.99. The topological polar surface area (TPSA) is 74.8 Å². The number of rotatable bonds is 5. The van der Waals surface area contributed by atoms with Gasteiger partial charge in [-0.05, 0) is 25.5 Å². The minimum Gasteiger partial charge on any atom is -0.378 e. The zero-order chi connectivity index (χ0) is 20.4. The average molecular weight is 394 g/mol. The van der Waals surface area contributed by atoms with E-state index in [4.69, 9.17) is 4.74 Å². The predicted molar refractivity (Wildman–Crippen MR) is 110 cm³/mol. The van der Waals surface area contributed by atoms with E-state index in [1.165, 1.54) is 0 Å². The van der Waals surface area contributed by atoms with Gasteiger partial charge in [-0.25, -0.2) is 4.98 Å². The Morgan fingerprint density at radius 2 is 1.83 bits per heavy atom. The largest absolute Gasteiger partial charge is 0.378 e. The van der Waals surface area contributed by atoms with Crippen molar-refractivity contribution in [2.24, 2.45) is 0 Å². The second kappa shape index (κ2) is 8.21. The molecule has 1 aromatic heterocycles. The van der Waals surface area contributed by atoms with E-state index in [1.807, 2.05) is 49.4 Å². The number of aromatic nitrogens is 1. The van der Waals surface area contributed by atoms with Gasteiger partial charge in [-0.3, -0.25) is 9.59 Å². The van der Waals surface area contributed by atoms with Gasteiger partial charge in [0.1, 0.15) is 17.6 Å². The Morgan fingerprint density at radius 3 is 2.55 bits per heavy atom. The number of hydrogen-bond donors (Lipinski definition) is 1. The van der Waals surface area contributed by atoms with Crippen LogP contribution < -0.4 is 10.2 Å². The van der Waals surface area contributed by atoms with Crippen LogP contribution in [-0.2, 0) is 16.1 Å². The zero-order valence-corrected chi connectivity index (χ0v) is 16.8. The Balaban J connectivity index is 1.44. The second-order valence-electron chi connectivity index (χ2n) is 7.53. The molecule has 1 aromatic carbocycles. The van der Waals surface area contributed by atoms with Crippen LogP contribution in [0.1, 0.15) is 41.5 Å². The number of ether oxygens (including phenoxy) is 1. The van der Waals surface area contributed by atoms with Gasteiger partial charge >= 0.3 is 0 Å². The van der Waals surface area contributed by atoms with E-state index in [-0.39, 0.29) is 17.9 Å². The van der Waals surface area contributed by atoms with Crippen molar-refractivity contribution in [2.75, 3.05) is 31.2 Å². The molecule has 1 N–H and O–H groups in total. The molecular formula is C22H26N4O3. The minimum atomic E-state index is -0.574. The van der Waals surface area contributed by atoms with Crippen LogP contribution in [0.5, 0.6) is 0 Å². The normalized spacial score (nSPS) is 18.3. The number of nitrogens with zero attached hydrogens (tertiary/aromatic N) is 3. The molecule has 0 aliphatic carbocycles. The lowest BCUT2D eigenvalue weighted by Gasteiger charge is -2.28. The lowest BCUT2D eigenvalue weighted by molar-refractivity contribution is -0.125. The Kier molecular flexibility index (Phi) is 5.49. The fraction of sp³-hybridized carbons (Fsp3) is 0.409. The summed E-state index contributed by atoms with van der Waals surface area (Å²) in [6.07, 6.45) is 0. The molecule has 2 aliphatic rings. The molecule has 2 aromatic rings. The van der Waals surface area contributed by atoms with Gasteiger partial charge in [0.25, 0.3) is 5.91 Å². The first kappa shape index (κ1) is 19.4. The van der Waals surface area contributed by atoms with Crippen LogP contribution in [0.25, 0.3) is 0 Å². The number of morpholine rings is 1. The summed E-state index contributed by atoms with van der Waals surface area (Å²) >= 11 is 0. The number of pyridine rings is 1. The second-order valence-corrected chi connectivity index (χ2v) is 7.53. The average Bonchev–Trinajstić information content (AvgIpc) is 3.10. The molecule has 152 valence electrons. The minimum absolute atomic E-state index is 0.128. The molecule has 1 fully saturated rings. The van der Waals surface area contributed by atoms with E-state index in [2.05, 4.69) is 15.2 Å². The van der Waals surface area contributed by atoms with E-state index in [1.54, 1.807) is 11.8 Å². The summed E-state index contributed by atoms with van der Waals surface area (Å²) in [5.74, 6) is 0.429. The lowest BCUT2D eigenvalue weighted by Crippen LogP contribution is -2.46. The zero-order valence-electron chi connectivity index (χ0n) is 16.8. The number of hydrogen-bond acceptors (Lipinski definition) is 5. The van der Waals surface area contributed by atoms with Crippen LogP contribution in [0.3, 0.4) is 0 Å². The molecule has 2 amide bonds. The van der Waals surface area contributed by atoms with Crippen molar-refractivity contribution >= 4 is 17.6 Å². The predicted octanol–water partition coefficient (Wildman–Crippen LogP) is 2.14. The highest BCUT2D eigenvalue weighted by Crippen LogP contribution is 2.26. The number of carbonyl (C=O) groups excluding carboxylic acids is 2. The maximum Gasteiger partial charge on any atom is 0.273 e. The van der Waals surface area contributed by atoms with Crippen molar-refractivity contribution in [3.05, 3.63) is 59.3 Å². The van der Waals surface area contributed by atoms with Crippen LogP contribution in [0.2, 0.25) is 0 Å². The van der Waals surface area contributed by atoms with Crippen molar-refractivity contribution in [2.45, 2.75) is 32.5 Å². The lowest BCUT2D eigenvalue weighted by atomic mass is 10.1. The number of carbonyl (C=O) groups is 2. The number of amides is 2. The SMILES string of the molecule is C[C@H](NC(=O)[C@@H](C)N1Cc2ccc(N3CCOCC3)nc2C1=O)c1ccccc1. The van der Waals surface area contributed by atoms with E-state index in [0.29, 0.717) is 25.5 Å². The van der Waals surface area contributed by atoms with E-state index in [9.17, 15) is 9.59 Å². The molecule has 0 radical (unpaired) electrons. The van der Waals surface area contributed by atoms with Gasteiger partial charge in [0.05, 0.1) is 19.3 Å². The quantitative estimate of drug-likeness (QED) is 0.841. The summed E-state index contributed by atoms with van der Waals surface area (Å²) in [6.45, 7) is 6.96. The highest BCUT2D eigenvalue weighted by Gasteiger charge is 2.36. The van der Waals surface area contributed by atoms with Gasteiger partial charge in [-0.2, -0.15) is 0 Å². The third-order valence-corrected chi connectivity index (χ3v) is 5.61. The molecule has 4 rings (SSSR count). The Labute approximate surface area is 170 Å². The summed E-state index contributed by atoms with van der Waals surface area (Å²) in [5.41, 5.74) is 2.34. The third kappa shape index (κ3) is 3.96. The van der Waals surface area contributed by atoms with Gasteiger partial charge in [0.2, 0.25) is 5.91 Å². The maximum absolute atomic E-state index is 13.0. The number of anilines is 1. The molecule has 7 heteroatoms. The van der Waals surface area contributed by atoms with Crippen LogP contribution in [0, 0.1) is 0 Å². The first-order valence-corrected chi connectivity index (χ1v) is 10.0. The standard InChI is InChI=1S/C22H26N4O3/c1-15(17-6-4-3-5-7-17)23-21(27)16(2)26-14-18-8-9-19(24-20(18)22(26)28)25-10-12-29-13-11-25/h3-9,15-16H,10-14H2,1-2H3,(H,23,27)/t15-,16+/m0/s1. The number of fused-ring (bicyclic) bond motifs is 1. The van der Waals surface area contributed by atoms with Crippen molar-refractivity contribution in [3.63, 3.8) is 0 Å². The molecule has 2 atom stereocenters. The van der Waals surface area contributed by atoms with Crippen LogP contribution in [-0.4, -0.2) is 54.0 Å². The molecule has 0 bridgehead atoms. The molecule has 0 spiro atoms. The Hall–Kier alpha value is -2.93. The summed E-state index contributed by atoms with van der Waals surface area (Å²) in [5, 5.41) is 3.01. The number of nitrogens with one attached hydrogen (secondary N) is 1. The van der Waals surface area contributed by atoms with Crippen molar-refractivity contribution in [1.82, 2.24) is 15.2 Å². The van der Waals surface area contributed by atoms with E-state index in [0.717, 1.165) is 30.0 Å². The fourth-order valence-corrected chi connectivity index (χ4v) is 3.76. The molecule has 7 nitrogen and oxygen atoms in total. The smallest absolute Gasteiger partial charge is 0.273 e. The van der Waals surface area contributed by atoms with E-state index < -0.39 is 6.04 Å². The van der Waals surface area contributed by atoms with Crippen LogP contribution >= 0.6 is 0 Å². The molecular weight excluding hydrogens is 368 g/mol. The number of benzene rings is 1. The third-order valence-electron chi connectivity index (χ3n) is 5.61.